The summed E-state index contributed by atoms with van der Waals surface area (Å²) in [7, 11) is 0. The summed E-state index contributed by atoms with van der Waals surface area (Å²) >= 11 is 0. The smallest absolute Gasteiger partial charge is 0.306 e. The van der Waals surface area contributed by atoms with E-state index in [4.69, 9.17) is 0 Å². The van der Waals surface area contributed by atoms with E-state index in [1.54, 1.807) is 0 Å². The third-order valence-electron chi connectivity index (χ3n) is 3.04. The molecule has 0 saturated heterocycles. The Bertz CT molecular complexity index is 460. The molecule has 0 radical (unpaired) electrons. The van der Waals surface area contributed by atoms with Crippen LogP contribution >= 0.6 is 0 Å². The van der Waals surface area contributed by atoms with Crippen molar-refractivity contribution in [3.8, 4) is 0 Å². The molecule has 0 spiro atoms. The minimum absolute atomic E-state index is 0. The van der Waals surface area contributed by atoms with E-state index in [0.29, 0.717) is 5.78 Å². The number of hydrogen-bond acceptors (Lipinski definition) is 1. The van der Waals surface area contributed by atoms with Crippen molar-refractivity contribution in [2.24, 2.45) is 0 Å². The molecule has 2 heteroatoms. The molecule has 0 atom stereocenters. The molecule has 0 amide bonds. The van der Waals surface area contributed by atoms with E-state index in [0.717, 1.165) is 36.8 Å². The quantitative estimate of drug-likeness (QED) is 0.434. The first kappa shape index (κ1) is 15.7. The van der Waals surface area contributed by atoms with E-state index in [2.05, 4.69) is 0 Å². The molecule has 0 N–H and O–H groups in total. The topological polar surface area (TPSA) is 17.1 Å². The van der Waals surface area contributed by atoms with Crippen molar-refractivity contribution in [2.45, 2.75) is 25.7 Å². The van der Waals surface area contributed by atoms with Gasteiger partial charge in [-0.3, -0.25) is 0 Å². The van der Waals surface area contributed by atoms with Gasteiger partial charge in [0.2, 0.25) is 0 Å². The molecule has 1 saturated carbocycles. The zero-order valence-corrected chi connectivity index (χ0v) is 12.0. The van der Waals surface area contributed by atoms with Crippen molar-refractivity contribution in [1.29, 1.82) is 0 Å². The Kier molecular flexibility index (Phi) is 7.17. The van der Waals surface area contributed by atoms with Crippen LogP contribution in [0.3, 0.4) is 0 Å². The van der Waals surface area contributed by atoms with Crippen molar-refractivity contribution in [1.82, 2.24) is 0 Å². The average Bonchev–Trinajstić information content (AvgIpc) is 3.06. The SMILES string of the molecule is O=C1CCCC/C1=C\[c-]1cccc1.[Fe+2].c1cc[cH-]c1. The summed E-state index contributed by atoms with van der Waals surface area (Å²) in [6.07, 6.45) is 5.97. The first-order valence-electron chi connectivity index (χ1n) is 6.48. The number of Topliss-reactive ketones (excluding diaryl/α,β-unsaturated/α-hetero) is 1. The maximum absolute atomic E-state index is 11.5. The van der Waals surface area contributed by atoms with Crippen molar-refractivity contribution in [2.75, 3.05) is 0 Å². The van der Waals surface area contributed by atoms with Gasteiger partial charge in [0, 0.05) is 6.42 Å². The first-order valence-corrected chi connectivity index (χ1v) is 6.48. The summed E-state index contributed by atoms with van der Waals surface area (Å²) in [5.41, 5.74) is 2.17. The molecule has 1 aliphatic rings. The van der Waals surface area contributed by atoms with Gasteiger partial charge in [0.15, 0.2) is 0 Å². The van der Waals surface area contributed by atoms with Crippen LogP contribution in [0, 0.1) is 0 Å². The van der Waals surface area contributed by atoms with Crippen molar-refractivity contribution in [3.63, 3.8) is 0 Å². The maximum Gasteiger partial charge on any atom is 2.00 e. The van der Waals surface area contributed by atoms with Crippen LogP contribution in [0.4, 0.5) is 0 Å². The Hall–Kier alpha value is -1.37. The zero-order valence-electron chi connectivity index (χ0n) is 10.9. The van der Waals surface area contributed by atoms with E-state index >= 15 is 0 Å². The van der Waals surface area contributed by atoms with Gasteiger partial charge in [-0.2, -0.15) is 30.3 Å². The Morgan fingerprint density at radius 2 is 1.63 bits per heavy atom. The zero-order chi connectivity index (χ0) is 12.6. The number of allylic oxidation sites excluding steroid dienone is 1. The molecule has 0 heterocycles. The average molecular weight is 294 g/mol. The second kappa shape index (κ2) is 8.68. The third kappa shape index (κ3) is 5.42. The molecule has 0 bridgehead atoms. The van der Waals surface area contributed by atoms with Gasteiger partial charge in [-0.1, -0.05) is 18.4 Å². The van der Waals surface area contributed by atoms with Gasteiger partial charge in [-0.25, -0.2) is 12.1 Å². The van der Waals surface area contributed by atoms with Gasteiger partial charge in [0.1, 0.15) is 5.78 Å². The molecule has 2 aromatic carbocycles. The van der Waals surface area contributed by atoms with Gasteiger partial charge in [0.05, 0.1) is 0 Å². The Morgan fingerprint density at radius 3 is 2.16 bits per heavy atom. The first-order chi connectivity index (χ1) is 8.86. The molecule has 19 heavy (non-hydrogen) atoms. The van der Waals surface area contributed by atoms with Gasteiger partial charge in [0.25, 0.3) is 0 Å². The molecule has 0 aromatic heterocycles. The molecule has 0 unspecified atom stereocenters. The van der Waals surface area contributed by atoms with Crippen LogP contribution in [-0.2, 0) is 21.9 Å². The van der Waals surface area contributed by atoms with Crippen LogP contribution in [-0.4, -0.2) is 5.78 Å². The predicted molar refractivity (Wildman–Crippen MR) is 75.5 cm³/mol. The van der Waals surface area contributed by atoms with Gasteiger partial charge < -0.3 is 4.79 Å². The number of carbonyl (C=O) groups excluding carboxylic acids is 1. The molecule has 2 aromatic rings. The second-order valence-electron chi connectivity index (χ2n) is 4.48. The third-order valence-corrected chi connectivity index (χ3v) is 3.04. The summed E-state index contributed by atoms with van der Waals surface area (Å²) in [5.74, 6) is 0.340. The van der Waals surface area contributed by atoms with E-state index in [9.17, 15) is 4.79 Å². The van der Waals surface area contributed by atoms with Crippen molar-refractivity contribution < 1.29 is 21.9 Å². The van der Waals surface area contributed by atoms with E-state index < -0.39 is 0 Å². The summed E-state index contributed by atoms with van der Waals surface area (Å²) in [4.78, 5) is 11.5. The van der Waals surface area contributed by atoms with Crippen LogP contribution < -0.4 is 0 Å². The standard InChI is InChI=1S/C12H13O.C5H5.Fe/c13-12-8-4-3-7-11(12)9-10-5-1-2-6-10;1-2-4-5-3-1;/h1-2,5-6,9H,3-4,7-8H2;1-5H;/q2*-1;+2/b11-9+;;. The fraction of sp³-hybridized carbons (Fsp3) is 0.235. The van der Waals surface area contributed by atoms with E-state index in [1.807, 2.05) is 60.7 Å². The predicted octanol–water partition coefficient (Wildman–Crippen LogP) is 4.34. The minimum atomic E-state index is 0. The maximum atomic E-state index is 11.5. The summed E-state index contributed by atoms with van der Waals surface area (Å²) in [6.45, 7) is 0. The summed E-state index contributed by atoms with van der Waals surface area (Å²) in [6, 6.07) is 18.1. The summed E-state index contributed by atoms with van der Waals surface area (Å²) in [5, 5.41) is 0. The largest absolute Gasteiger partial charge is 2.00 e. The van der Waals surface area contributed by atoms with Crippen molar-refractivity contribution >= 4 is 11.9 Å². The summed E-state index contributed by atoms with van der Waals surface area (Å²) < 4.78 is 0. The number of rotatable bonds is 1. The minimum Gasteiger partial charge on any atom is -0.306 e. The fourth-order valence-corrected chi connectivity index (χ4v) is 2.06. The Morgan fingerprint density at radius 1 is 1.00 bits per heavy atom. The van der Waals surface area contributed by atoms with Gasteiger partial charge in [-0.05, 0) is 6.42 Å². The van der Waals surface area contributed by atoms with Crippen LogP contribution in [0.25, 0.3) is 6.08 Å². The Balaban J connectivity index is 0.000000256. The van der Waals surface area contributed by atoms with Crippen LogP contribution in [0.15, 0.2) is 60.2 Å². The normalized spacial score (nSPS) is 16.4. The molecule has 100 valence electrons. The van der Waals surface area contributed by atoms with Gasteiger partial charge in [-0.15, -0.1) is 23.8 Å². The second-order valence-corrected chi connectivity index (χ2v) is 4.48. The van der Waals surface area contributed by atoms with Crippen LogP contribution in [0.2, 0.25) is 0 Å². The van der Waals surface area contributed by atoms with E-state index in [-0.39, 0.29) is 17.1 Å². The molecule has 1 aliphatic carbocycles. The van der Waals surface area contributed by atoms with E-state index in [1.165, 1.54) is 0 Å². The number of ketones is 1. The number of carbonyl (C=O) groups is 1. The van der Waals surface area contributed by atoms with Crippen LogP contribution in [0.5, 0.6) is 0 Å². The van der Waals surface area contributed by atoms with Crippen LogP contribution in [0.1, 0.15) is 31.2 Å². The molecule has 3 rings (SSSR count). The molecular formula is C17H18FeO. The monoisotopic (exact) mass is 294 g/mol. The number of hydrogen-bond donors (Lipinski definition) is 0. The molecule has 1 fully saturated rings. The fourth-order valence-electron chi connectivity index (χ4n) is 2.06. The molecular weight excluding hydrogens is 276 g/mol. The van der Waals surface area contributed by atoms with Crippen molar-refractivity contribution in [3.05, 3.63) is 65.7 Å². The van der Waals surface area contributed by atoms with Gasteiger partial charge >= 0.3 is 17.1 Å². The molecule has 1 nitrogen and oxygen atoms in total. The molecule has 0 aliphatic heterocycles. The Labute approximate surface area is 125 Å².